The number of nitrogens with one attached hydrogen (secondary N) is 2. The third kappa shape index (κ3) is 4.45. The number of hydrogen-bond acceptors (Lipinski definition) is 4. The van der Waals surface area contributed by atoms with Gasteiger partial charge in [0.1, 0.15) is 0 Å². The molecule has 3 fully saturated rings. The topological polar surface area (TPSA) is 53.6 Å². The highest BCUT2D eigenvalue weighted by Crippen LogP contribution is 2.58. The average Bonchev–Trinajstić information content (AvgIpc) is 3.34. The molecule has 4 rings (SSSR count). The Hall–Kier alpha value is -1.01. The molecule has 1 saturated carbocycles. The summed E-state index contributed by atoms with van der Waals surface area (Å²) < 4.78 is 5.45. The molecule has 0 bridgehead atoms. The van der Waals surface area contributed by atoms with Crippen molar-refractivity contribution in [3.05, 3.63) is 29.8 Å². The Morgan fingerprint density at radius 2 is 1.88 bits per heavy atom. The number of piperidine rings is 1. The van der Waals surface area contributed by atoms with E-state index in [2.05, 4.69) is 39.8 Å². The lowest BCUT2D eigenvalue weighted by atomic mass is 9.92. The molecular formula is C19H29Cl2N3O2. The smallest absolute Gasteiger partial charge is 0.223 e. The fourth-order valence-electron chi connectivity index (χ4n) is 4.27. The Morgan fingerprint density at radius 1 is 1.19 bits per heavy atom. The zero-order valence-electron chi connectivity index (χ0n) is 15.0. The molecule has 1 spiro atoms. The van der Waals surface area contributed by atoms with Gasteiger partial charge in [0, 0.05) is 31.2 Å². The second-order valence-corrected chi connectivity index (χ2v) is 7.32. The largest absolute Gasteiger partial charge is 0.378 e. The van der Waals surface area contributed by atoms with Crippen LogP contribution in [0, 0.1) is 11.3 Å². The molecule has 5 nitrogen and oxygen atoms in total. The summed E-state index contributed by atoms with van der Waals surface area (Å²) in [6, 6.07) is 8.40. The predicted octanol–water partition coefficient (Wildman–Crippen LogP) is 2.37. The number of rotatable bonds is 4. The number of nitrogens with zero attached hydrogens (tertiary/aromatic N) is 1. The average molecular weight is 402 g/mol. The standard InChI is InChI=1S/C19H27N3O2.2ClH/c23-18(16-13-19(16)5-7-20-8-6-19)21-14-15-3-1-2-4-17(15)22-9-11-24-12-10-22;;/h1-4,16,20H,5-14H2,(H,21,23);2*1H. The summed E-state index contributed by atoms with van der Waals surface area (Å²) in [4.78, 5) is 14.9. The minimum absolute atomic E-state index is 0. The van der Waals surface area contributed by atoms with Gasteiger partial charge in [-0.3, -0.25) is 4.79 Å². The van der Waals surface area contributed by atoms with Crippen molar-refractivity contribution in [2.45, 2.75) is 25.8 Å². The summed E-state index contributed by atoms with van der Waals surface area (Å²) in [5.41, 5.74) is 2.74. The summed E-state index contributed by atoms with van der Waals surface area (Å²) >= 11 is 0. The molecule has 2 aliphatic heterocycles. The van der Waals surface area contributed by atoms with Crippen molar-refractivity contribution in [1.82, 2.24) is 10.6 Å². The van der Waals surface area contributed by atoms with Gasteiger partial charge in [-0.15, -0.1) is 24.8 Å². The van der Waals surface area contributed by atoms with Crippen LogP contribution in [0.4, 0.5) is 5.69 Å². The number of para-hydroxylation sites is 1. The van der Waals surface area contributed by atoms with Crippen LogP contribution in [-0.2, 0) is 16.1 Å². The van der Waals surface area contributed by atoms with Crippen LogP contribution in [0.1, 0.15) is 24.8 Å². The summed E-state index contributed by atoms with van der Waals surface area (Å²) in [5.74, 6) is 0.476. The van der Waals surface area contributed by atoms with E-state index in [1.54, 1.807) is 0 Å². The number of halogens is 2. The highest BCUT2D eigenvalue weighted by atomic mass is 35.5. The quantitative estimate of drug-likeness (QED) is 0.812. The number of anilines is 1. The SMILES string of the molecule is Cl.Cl.O=C(NCc1ccccc1N1CCOCC1)C1CC12CCNCC2. The summed E-state index contributed by atoms with van der Waals surface area (Å²) in [6.07, 6.45) is 3.37. The van der Waals surface area contributed by atoms with Gasteiger partial charge < -0.3 is 20.3 Å². The van der Waals surface area contributed by atoms with Gasteiger partial charge in [0.05, 0.1) is 13.2 Å². The highest BCUT2D eigenvalue weighted by Gasteiger charge is 2.57. The Kier molecular flexibility index (Phi) is 7.59. The first-order chi connectivity index (χ1) is 11.8. The number of benzene rings is 1. The zero-order valence-corrected chi connectivity index (χ0v) is 16.7. The first-order valence-electron chi connectivity index (χ1n) is 9.18. The van der Waals surface area contributed by atoms with Crippen molar-refractivity contribution < 1.29 is 9.53 Å². The molecule has 3 aliphatic rings. The molecule has 1 aromatic rings. The fraction of sp³-hybridized carbons (Fsp3) is 0.632. The van der Waals surface area contributed by atoms with E-state index in [0.717, 1.165) is 58.7 Å². The molecule has 2 saturated heterocycles. The van der Waals surface area contributed by atoms with Crippen LogP contribution in [-0.4, -0.2) is 45.3 Å². The number of carbonyl (C=O) groups excluding carboxylic acids is 1. The lowest BCUT2D eigenvalue weighted by molar-refractivity contribution is -0.123. The Labute approximate surface area is 168 Å². The predicted molar refractivity (Wildman–Crippen MR) is 108 cm³/mol. The monoisotopic (exact) mass is 401 g/mol. The Morgan fingerprint density at radius 3 is 2.62 bits per heavy atom. The molecule has 0 radical (unpaired) electrons. The lowest BCUT2D eigenvalue weighted by Gasteiger charge is -2.30. The molecule has 1 amide bonds. The van der Waals surface area contributed by atoms with Crippen LogP contribution in [0.15, 0.2) is 24.3 Å². The number of morpholine rings is 1. The molecule has 1 aromatic carbocycles. The van der Waals surface area contributed by atoms with E-state index in [-0.39, 0.29) is 36.6 Å². The minimum atomic E-state index is 0. The maximum Gasteiger partial charge on any atom is 0.223 e. The third-order valence-corrected chi connectivity index (χ3v) is 5.90. The van der Waals surface area contributed by atoms with Crippen LogP contribution in [0.5, 0.6) is 0 Å². The second kappa shape index (κ2) is 9.27. The zero-order chi connectivity index (χ0) is 16.4. The number of amides is 1. The summed E-state index contributed by atoms with van der Waals surface area (Å²) in [5, 5.41) is 6.59. The van der Waals surface area contributed by atoms with Gasteiger partial charge in [-0.2, -0.15) is 0 Å². The molecule has 0 aromatic heterocycles. The van der Waals surface area contributed by atoms with Gasteiger partial charge >= 0.3 is 0 Å². The summed E-state index contributed by atoms with van der Waals surface area (Å²) in [7, 11) is 0. The first kappa shape index (κ1) is 21.3. The molecule has 1 unspecified atom stereocenters. The van der Waals surface area contributed by atoms with E-state index in [9.17, 15) is 4.79 Å². The van der Waals surface area contributed by atoms with Crippen molar-refractivity contribution >= 4 is 36.4 Å². The minimum Gasteiger partial charge on any atom is -0.378 e. The van der Waals surface area contributed by atoms with Crippen LogP contribution in [0.2, 0.25) is 0 Å². The molecule has 26 heavy (non-hydrogen) atoms. The van der Waals surface area contributed by atoms with E-state index < -0.39 is 0 Å². The third-order valence-electron chi connectivity index (χ3n) is 5.90. The van der Waals surface area contributed by atoms with Crippen molar-refractivity contribution in [2.24, 2.45) is 11.3 Å². The lowest BCUT2D eigenvalue weighted by Crippen LogP contribution is -2.37. The molecule has 7 heteroatoms. The fourth-order valence-corrected chi connectivity index (χ4v) is 4.27. The summed E-state index contributed by atoms with van der Waals surface area (Å²) in [6.45, 7) is 6.14. The molecule has 2 heterocycles. The van der Waals surface area contributed by atoms with Crippen LogP contribution in [0.3, 0.4) is 0 Å². The Bertz CT molecular complexity index is 602. The molecule has 2 N–H and O–H groups in total. The molecule has 1 atom stereocenters. The van der Waals surface area contributed by atoms with Crippen molar-refractivity contribution in [3.63, 3.8) is 0 Å². The van der Waals surface area contributed by atoms with Gasteiger partial charge in [-0.25, -0.2) is 0 Å². The first-order valence-corrected chi connectivity index (χ1v) is 9.18. The van der Waals surface area contributed by atoms with Crippen LogP contribution in [0.25, 0.3) is 0 Å². The van der Waals surface area contributed by atoms with Crippen molar-refractivity contribution in [3.8, 4) is 0 Å². The van der Waals surface area contributed by atoms with E-state index in [1.807, 2.05) is 0 Å². The van der Waals surface area contributed by atoms with Crippen LogP contribution >= 0.6 is 24.8 Å². The van der Waals surface area contributed by atoms with E-state index in [4.69, 9.17) is 4.74 Å². The molecule has 1 aliphatic carbocycles. The maximum atomic E-state index is 12.6. The maximum absolute atomic E-state index is 12.6. The van der Waals surface area contributed by atoms with E-state index in [1.165, 1.54) is 11.3 Å². The normalized spacial score (nSPS) is 23.5. The van der Waals surface area contributed by atoms with Gasteiger partial charge in [-0.05, 0) is 49.4 Å². The number of carbonyl (C=O) groups is 1. The van der Waals surface area contributed by atoms with Gasteiger partial charge in [0.25, 0.3) is 0 Å². The number of ether oxygens (including phenoxy) is 1. The van der Waals surface area contributed by atoms with Gasteiger partial charge in [0.2, 0.25) is 5.91 Å². The van der Waals surface area contributed by atoms with Crippen molar-refractivity contribution in [1.29, 1.82) is 0 Å². The van der Waals surface area contributed by atoms with E-state index in [0.29, 0.717) is 12.0 Å². The Balaban J connectivity index is 0.00000121. The van der Waals surface area contributed by atoms with Gasteiger partial charge in [0.15, 0.2) is 0 Å². The molecular weight excluding hydrogens is 373 g/mol. The van der Waals surface area contributed by atoms with E-state index >= 15 is 0 Å². The van der Waals surface area contributed by atoms with Gasteiger partial charge in [-0.1, -0.05) is 18.2 Å². The molecule has 146 valence electrons. The van der Waals surface area contributed by atoms with Crippen molar-refractivity contribution in [2.75, 3.05) is 44.3 Å². The van der Waals surface area contributed by atoms with Crippen LogP contribution < -0.4 is 15.5 Å². The number of hydrogen-bond donors (Lipinski definition) is 2. The second-order valence-electron chi connectivity index (χ2n) is 7.32. The highest BCUT2D eigenvalue weighted by molar-refractivity contribution is 5.85.